The Balaban J connectivity index is 2.49. The Hall–Kier alpha value is -0.330. The number of hydrogen-bond acceptors (Lipinski definition) is 3. The van der Waals surface area contributed by atoms with Crippen LogP contribution in [0.4, 0.5) is 13.2 Å². The van der Waals surface area contributed by atoms with Crippen LogP contribution >= 0.6 is 0 Å². The first kappa shape index (κ1) is 10.7. The van der Waals surface area contributed by atoms with E-state index in [2.05, 4.69) is 0 Å². The predicted octanol–water partition coefficient (Wildman–Crippen LogP) is -0.0238. The van der Waals surface area contributed by atoms with Gasteiger partial charge in [0.25, 0.3) is 0 Å². The number of aliphatic hydroxyl groups is 2. The summed E-state index contributed by atoms with van der Waals surface area (Å²) in [5.41, 5.74) is 0. The number of halogens is 3. The fourth-order valence-electron chi connectivity index (χ4n) is 1.57. The average Bonchev–Trinajstić information content (AvgIpc) is 2.27. The monoisotopic (exact) mass is 199 g/mol. The lowest BCUT2D eigenvalue weighted by Gasteiger charge is -2.23. The second kappa shape index (κ2) is 3.81. The van der Waals surface area contributed by atoms with Gasteiger partial charge in [-0.05, 0) is 6.42 Å². The zero-order valence-corrected chi connectivity index (χ0v) is 6.96. The van der Waals surface area contributed by atoms with Crippen LogP contribution in [0.5, 0.6) is 0 Å². The number of nitrogens with zero attached hydrogens (tertiary/aromatic N) is 1. The van der Waals surface area contributed by atoms with E-state index < -0.39 is 24.9 Å². The Morgan fingerprint density at radius 2 is 2.00 bits per heavy atom. The minimum atomic E-state index is -4.27. The van der Waals surface area contributed by atoms with Gasteiger partial charge < -0.3 is 10.2 Å². The molecule has 1 fully saturated rings. The van der Waals surface area contributed by atoms with E-state index in [9.17, 15) is 13.2 Å². The molecule has 0 aromatic carbocycles. The normalized spacial score (nSPS) is 31.2. The van der Waals surface area contributed by atoms with Gasteiger partial charge in [0.15, 0.2) is 0 Å². The Morgan fingerprint density at radius 3 is 2.46 bits per heavy atom. The second-order valence-electron chi connectivity index (χ2n) is 3.27. The van der Waals surface area contributed by atoms with Crippen molar-refractivity contribution in [3.63, 3.8) is 0 Å². The SMILES string of the molecule is OC[C@@H]1C[C@@H](O)CN1CC(F)(F)F. The van der Waals surface area contributed by atoms with Crippen LogP contribution in [0.15, 0.2) is 0 Å². The van der Waals surface area contributed by atoms with Gasteiger partial charge in [-0.3, -0.25) is 4.90 Å². The first-order chi connectivity index (χ1) is 5.92. The minimum absolute atomic E-state index is 0.00919. The van der Waals surface area contributed by atoms with Gasteiger partial charge in [-0.1, -0.05) is 0 Å². The zero-order chi connectivity index (χ0) is 10.1. The molecule has 0 saturated carbocycles. The van der Waals surface area contributed by atoms with Gasteiger partial charge in [-0.2, -0.15) is 13.2 Å². The highest BCUT2D eigenvalue weighted by Gasteiger charge is 2.38. The molecule has 1 heterocycles. The van der Waals surface area contributed by atoms with Crippen LogP contribution in [0.25, 0.3) is 0 Å². The van der Waals surface area contributed by atoms with Crippen molar-refractivity contribution in [2.75, 3.05) is 19.7 Å². The number of β-amino-alcohol motifs (C(OH)–C–C–N with tert-alkyl or cyclic N) is 1. The van der Waals surface area contributed by atoms with Gasteiger partial charge in [0.05, 0.1) is 19.3 Å². The van der Waals surface area contributed by atoms with E-state index in [-0.39, 0.29) is 19.6 Å². The van der Waals surface area contributed by atoms with Crippen molar-refractivity contribution in [3.05, 3.63) is 0 Å². The van der Waals surface area contributed by atoms with Crippen LogP contribution in [0.3, 0.4) is 0 Å². The van der Waals surface area contributed by atoms with Crippen LogP contribution in [0, 0.1) is 0 Å². The third-order valence-electron chi connectivity index (χ3n) is 2.10. The largest absolute Gasteiger partial charge is 0.401 e. The molecule has 2 atom stereocenters. The fraction of sp³-hybridized carbons (Fsp3) is 1.00. The molecule has 78 valence electrons. The Morgan fingerprint density at radius 1 is 1.38 bits per heavy atom. The summed E-state index contributed by atoms with van der Waals surface area (Å²) >= 11 is 0. The molecule has 0 amide bonds. The molecule has 13 heavy (non-hydrogen) atoms. The van der Waals surface area contributed by atoms with E-state index in [1.807, 2.05) is 0 Å². The van der Waals surface area contributed by atoms with Gasteiger partial charge in [-0.15, -0.1) is 0 Å². The standard InChI is InChI=1S/C7H12F3NO2/c8-7(9,10)4-11-2-6(13)1-5(11)3-12/h5-6,12-13H,1-4H2/t5-,6+/m0/s1. The van der Waals surface area contributed by atoms with E-state index >= 15 is 0 Å². The van der Waals surface area contributed by atoms with Gasteiger partial charge in [0.2, 0.25) is 0 Å². The Kier molecular flexibility index (Phi) is 3.15. The molecule has 3 nitrogen and oxygen atoms in total. The van der Waals surface area contributed by atoms with Gasteiger partial charge in [0.1, 0.15) is 0 Å². The third kappa shape index (κ3) is 3.13. The maximum absolute atomic E-state index is 11.9. The molecule has 0 bridgehead atoms. The molecule has 0 unspecified atom stereocenters. The molecule has 0 spiro atoms. The molecule has 1 rings (SSSR count). The highest BCUT2D eigenvalue weighted by atomic mass is 19.4. The van der Waals surface area contributed by atoms with E-state index in [0.717, 1.165) is 4.90 Å². The number of likely N-dealkylation sites (tertiary alicyclic amines) is 1. The topological polar surface area (TPSA) is 43.7 Å². The number of aliphatic hydroxyl groups excluding tert-OH is 2. The molecule has 1 aliphatic rings. The van der Waals surface area contributed by atoms with Crippen molar-refractivity contribution < 1.29 is 23.4 Å². The second-order valence-corrected chi connectivity index (χ2v) is 3.27. The van der Waals surface area contributed by atoms with Crippen molar-refractivity contribution in [3.8, 4) is 0 Å². The predicted molar refractivity (Wildman–Crippen MR) is 39.1 cm³/mol. The van der Waals surface area contributed by atoms with Crippen LogP contribution in [-0.2, 0) is 0 Å². The number of alkyl halides is 3. The number of rotatable bonds is 2. The highest BCUT2D eigenvalue weighted by Crippen LogP contribution is 2.23. The Bertz CT molecular complexity index is 174. The smallest absolute Gasteiger partial charge is 0.395 e. The molecular formula is C7H12F3NO2. The summed E-state index contributed by atoms with van der Waals surface area (Å²) in [6.07, 6.45) is -4.80. The van der Waals surface area contributed by atoms with Gasteiger partial charge >= 0.3 is 6.18 Å². The lowest BCUT2D eigenvalue weighted by molar-refractivity contribution is -0.149. The minimum Gasteiger partial charge on any atom is -0.395 e. The summed E-state index contributed by atoms with van der Waals surface area (Å²) in [6, 6.07) is -0.559. The molecule has 0 aromatic heterocycles. The molecule has 0 aromatic rings. The summed E-state index contributed by atoms with van der Waals surface area (Å²) < 4.78 is 35.8. The summed E-state index contributed by atoms with van der Waals surface area (Å²) in [5, 5.41) is 17.8. The first-order valence-corrected chi connectivity index (χ1v) is 4.02. The van der Waals surface area contributed by atoms with E-state index in [1.165, 1.54) is 0 Å². The van der Waals surface area contributed by atoms with E-state index in [1.54, 1.807) is 0 Å². The quantitative estimate of drug-likeness (QED) is 0.656. The van der Waals surface area contributed by atoms with Crippen molar-refractivity contribution in [2.45, 2.75) is 24.7 Å². The average molecular weight is 199 g/mol. The third-order valence-corrected chi connectivity index (χ3v) is 2.10. The van der Waals surface area contributed by atoms with Crippen molar-refractivity contribution >= 4 is 0 Å². The molecule has 0 aliphatic carbocycles. The number of hydrogen-bond donors (Lipinski definition) is 2. The lowest BCUT2D eigenvalue weighted by Crippen LogP contribution is -2.39. The lowest BCUT2D eigenvalue weighted by atomic mass is 10.2. The van der Waals surface area contributed by atoms with Crippen LogP contribution < -0.4 is 0 Å². The summed E-state index contributed by atoms with van der Waals surface area (Å²) in [5.74, 6) is 0. The summed E-state index contributed by atoms with van der Waals surface area (Å²) in [4.78, 5) is 1.06. The first-order valence-electron chi connectivity index (χ1n) is 4.02. The molecule has 6 heteroatoms. The summed E-state index contributed by atoms with van der Waals surface area (Å²) in [6.45, 7) is -1.41. The van der Waals surface area contributed by atoms with Gasteiger partial charge in [0, 0.05) is 12.6 Å². The molecule has 2 N–H and O–H groups in total. The van der Waals surface area contributed by atoms with Crippen LogP contribution in [-0.4, -0.2) is 53.1 Å². The molecular weight excluding hydrogens is 187 g/mol. The van der Waals surface area contributed by atoms with Crippen molar-refractivity contribution in [1.29, 1.82) is 0 Å². The zero-order valence-electron chi connectivity index (χ0n) is 6.96. The van der Waals surface area contributed by atoms with Crippen molar-refractivity contribution in [1.82, 2.24) is 4.90 Å². The van der Waals surface area contributed by atoms with Gasteiger partial charge in [-0.25, -0.2) is 0 Å². The van der Waals surface area contributed by atoms with Crippen LogP contribution in [0.2, 0.25) is 0 Å². The molecule has 1 saturated heterocycles. The maximum Gasteiger partial charge on any atom is 0.401 e. The molecule has 1 aliphatic heterocycles. The summed E-state index contributed by atoms with van der Waals surface area (Å²) in [7, 11) is 0. The molecule has 0 radical (unpaired) electrons. The fourth-order valence-corrected chi connectivity index (χ4v) is 1.57. The maximum atomic E-state index is 11.9. The van der Waals surface area contributed by atoms with E-state index in [4.69, 9.17) is 10.2 Å². The highest BCUT2D eigenvalue weighted by molar-refractivity contribution is 4.85. The van der Waals surface area contributed by atoms with E-state index in [0.29, 0.717) is 0 Å². The van der Waals surface area contributed by atoms with Crippen LogP contribution in [0.1, 0.15) is 6.42 Å². The Labute approximate surface area is 73.8 Å². The van der Waals surface area contributed by atoms with Crippen molar-refractivity contribution in [2.24, 2.45) is 0 Å².